The van der Waals surface area contributed by atoms with Crippen LogP contribution in [0.25, 0.3) is 0 Å². The van der Waals surface area contributed by atoms with Gasteiger partial charge in [-0.2, -0.15) is 0 Å². The van der Waals surface area contributed by atoms with Gasteiger partial charge in [-0.05, 0) is 0 Å². The monoisotopic (exact) mass is 243 g/mol. The molecule has 5 heteroatoms. The summed E-state index contributed by atoms with van der Waals surface area (Å²) >= 11 is -0.556. The van der Waals surface area contributed by atoms with Crippen LogP contribution in [0.3, 0.4) is 0 Å². The summed E-state index contributed by atoms with van der Waals surface area (Å²) in [6.07, 6.45) is 7.84. The minimum atomic E-state index is -0.556. The fraction of sp³-hybridized carbons (Fsp3) is 0.286. The Kier molecular flexibility index (Phi) is 17.3. The van der Waals surface area contributed by atoms with Crippen LogP contribution >= 0.6 is 18.6 Å². The molecule has 0 saturated heterocycles. The van der Waals surface area contributed by atoms with Crippen LogP contribution in [-0.2, 0) is 21.8 Å². The van der Waals surface area contributed by atoms with Crippen LogP contribution in [0.2, 0.25) is 0 Å². The van der Waals surface area contributed by atoms with Gasteiger partial charge >= 0.3 is 35.6 Å². The molecule has 0 unspecified atom stereocenters. The van der Waals surface area contributed by atoms with E-state index in [-0.39, 0.29) is 6.61 Å². The molecule has 0 aromatic heterocycles. The Bertz CT molecular complexity index is 127. The summed E-state index contributed by atoms with van der Waals surface area (Å²) in [4.78, 5) is 7.75. The third-order valence-electron chi connectivity index (χ3n) is 1.04. The van der Waals surface area contributed by atoms with Crippen molar-refractivity contribution in [1.82, 2.24) is 0 Å². The first-order valence-electron chi connectivity index (χ1n) is 3.00. The van der Waals surface area contributed by atoms with E-state index >= 15 is 0 Å². The summed E-state index contributed by atoms with van der Waals surface area (Å²) in [7, 11) is 9.78. The van der Waals surface area contributed by atoms with Crippen molar-refractivity contribution in [1.29, 1.82) is 0 Å². The summed E-state index contributed by atoms with van der Waals surface area (Å²) in [5, 5.41) is 8.46. The first-order valence-corrected chi connectivity index (χ1v) is 7.30. The predicted octanol–water partition coefficient (Wildman–Crippen LogP) is 1.82. The van der Waals surface area contributed by atoms with Gasteiger partial charge in [-0.1, -0.05) is 24.3 Å². The molecule has 0 amide bonds. The molecule has 1 N–H and O–H groups in total. The van der Waals surface area contributed by atoms with Crippen molar-refractivity contribution in [2.24, 2.45) is 5.92 Å². The maximum absolute atomic E-state index is 8.46. The number of halogens is 2. The average Bonchev–Trinajstić information content (AvgIpc) is 2.61. The van der Waals surface area contributed by atoms with E-state index < -0.39 is 17.0 Å². The minimum absolute atomic E-state index is 0.243. The van der Waals surface area contributed by atoms with E-state index in [1.807, 2.05) is 24.3 Å². The molecule has 1 aliphatic carbocycles. The molecule has 68 valence electrons. The van der Waals surface area contributed by atoms with Crippen molar-refractivity contribution in [3.8, 4) is 0 Å². The second kappa shape index (κ2) is 14.0. The number of rotatable bonds is 1. The maximum atomic E-state index is 8.46. The van der Waals surface area contributed by atoms with Gasteiger partial charge in [0.2, 0.25) is 0 Å². The molecule has 1 aliphatic rings. The fourth-order valence-corrected chi connectivity index (χ4v) is 0.600. The molecule has 0 spiro atoms. The molecule has 0 saturated carbocycles. The third kappa shape index (κ3) is 10.4. The van der Waals surface area contributed by atoms with Gasteiger partial charge < -0.3 is 9.90 Å². The number of aliphatic hydroxyl groups excluding tert-OH is 1. The predicted molar refractivity (Wildman–Crippen MR) is 47.3 cm³/mol. The van der Waals surface area contributed by atoms with Crippen LogP contribution in [0.15, 0.2) is 24.3 Å². The number of aliphatic hydroxyl groups is 1. The van der Waals surface area contributed by atoms with Crippen molar-refractivity contribution in [3.63, 3.8) is 0 Å². The zero-order chi connectivity index (χ0) is 9.82. The Morgan fingerprint density at radius 1 is 1.33 bits per heavy atom. The van der Waals surface area contributed by atoms with Crippen LogP contribution in [0.4, 0.5) is 0 Å². The summed E-state index contributed by atoms with van der Waals surface area (Å²) in [6, 6.07) is 0. The number of hydrogen-bond donors (Lipinski definition) is 1. The van der Waals surface area contributed by atoms with Crippen molar-refractivity contribution in [2.75, 3.05) is 6.61 Å². The zero-order valence-electron chi connectivity index (χ0n) is 6.28. The first-order chi connectivity index (χ1) is 5.85. The van der Waals surface area contributed by atoms with Gasteiger partial charge in [-0.3, -0.25) is 6.79 Å². The molecule has 0 aromatic carbocycles. The molecule has 0 bridgehead atoms. The van der Waals surface area contributed by atoms with Gasteiger partial charge in [-0.25, -0.2) is 0 Å². The molecule has 0 aromatic rings. The topological polar surface area (TPSA) is 37.3 Å². The summed E-state index contributed by atoms with van der Waals surface area (Å²) in [6.45, 7) is 3.49. The van der Waals surface area contributed by atoms with E-state index in [1.54, 1.807) is 0 Å². The average molecular weight is 244 g/mol. The second-order valence-corrected chi connectivity index (χ2v) is 4.27. The fourth-order valence-electron chi connectivity index (χ4n) is 0.600. The molecule has 2 nitrogen and oxygen atoms in total. The van der Waals surface area contributed by atoms with E-state index in [0.717, 1.165) is 0 Å². The van der Waals surface area contributed by atoms with E-state index in [4.69, 9.17) is 28.5 Å². The molecule has 0 heterocycles. The van der Waals surface area contributed by atoms with Gasteiger partial charge in [-0.15, -0.1) is 0 Å². The third-order valence-corrected chi connectivity index (χ3v) is 1.04. The Morgan fingerprint density at radius 3 is 1.83 bits per heavy atom. The van der Waals surface area contributed by atoms with Gasteiger partial charge in [0.1, 0.15) is 0 Å². The van der Waals surface area contributed by atoms with Gasteiger partial charge in [0, 0.05) is 5.92 Å². The van der Waals surface area contributed by atoms with Crippen LogP contribution in [0, 0.1) is 5.92 Å². The Labute approximate surface area is 88.9 Å². The molecular weight excluding hydrogens is 235 g/mol. The van der Waals surface area contributed by atoms with Crippen molar-refractivity contribution < 1.29 is 26.9 Å². The van der Waals surface area contributed by atoms with E-state index in [9.17, 15) is 0 Å². The van der Waals surface area contributed by atoms with Gasteiger partial charge in [0.15, 0.2) is 0 Å². The first kappa shape index (κ1) is 14.9. The molecule has 0 atom stereocenters. The second-order valence-electron chi connectivity index (χ2n) is 1.69. The quantitative estimate of drug-likeness (QED) is 0.434. The molecule has 0 fully saturated rings. The summed E-state index contributed by atoms with van der Waals surface area (Å²) < 4.78 is 0. The van der Waals surface area contributed by atoms with Crippen molar-refractivity contribution >= 4 is 25.4 Å². The zero-order valence-corrected chi connectivity index (χ0v) is 9.36. The molecule has 0 aliphatic heterocycles. The van der Waals surface area contributed by atoms with Crippen molar-refractivity contribution in [3.05, 3.63) is 24.3 Å². The van der Waals surface area contributed by atoms with Crippen LogP contribution < -0.4 is 0 Å². The molecular formula is C7H9Cl2O2Ti-. The van der Waals surface area contributed by atoms with E-state index in [2.05, 4.69) is 6.79 Å². The summed E-state index contributed by atoms with van der Waals surface area (Å²) in [5.74, 6) is 0.292. The van der Waals surface area contributed by atoms with E-state index in [1.165, 1.54) is 0 Å². The van der Waals surface area contributed by atoms with E-state index in [0.29, 0.717) is 5.92 Å². The Morgan fingerprint density at radius 2 is 1.67 bits per heavy atom. The van der Waals surface area contributed by atoms with Crippen LogP contribution in [0.5, 0.6) is 0 Å². The van der Waals surface area contributed by atoms with Gasteiger partial charge in [0.05, 0.1) is 6.61 Å². The number of allylic oxidation sites excluding steroid dienone is 2. The number of hydrogen-bond acceptors (Lipinski definition) is 2. The van der Waals surface area contributed by atoms with Crippen molar-refractivity contribution in [2.45, 2.75) is 0 Å². The number of carbonyl (C=O) groups excluding carboxylic acids is 1. The standard InChI is InChI=1S/C6H8O.CHO.2ClH.Ti/c7-5-6-3-1-2-4-6;1-2;;;/h1-4,6-7H,5H2;1H;2*1H;/q;-1;;;+2/p-2. The SMILES string of the molecule is OCC1C=CC=C1.[CH-]=O.[Cl][Ti][Cl]. The Hall–Kier alpha value is 0.404. The molecule has 12 heavy (non-hydrogen) atoms. The molecule has 0 radical (unpaired) electrons. The Balaban J connectivity index is 0. The van der Waals surface area contributed by atoms with Crippen LogP contribution in [0.1, 0.15) is 0 Å². The summed E-state index contributed by atoms with van der Waals surface area (Å²) in [5.41, 5.74) is 0. The normalized spacial score (nSPS) is 12.6. The molecule has 1 rings (SSSR count). The van der Waals surface area contributed by atoms with Gasteiger partial charge in [0.25, 0.3) is 0 Å². The van der Waals surface area contributed by atoms with Crippen LogP contribution in [-0.4, -0.2) is 18.5 Å².